The van der Waals surface area contributed by atoms with Crippen molar-refractivity contribution in [2.24, 2.45) is 5.14 Å². The second-order valence-electron chi connectivity index (χ2n) is 3.31. The summed E-state index contributed by atoms with van der Waals surface area (Å²) in [5.74, 6) is -0.206. The average molecular weight is 221 g/mol. The van der Waals surface area contributed by atoms with Crippen LogP contribution in [0.5, 0.6) is 0 Å². The Morgan fingerprint density at radius 1 is 1.57 bits per heavy atom. The largest absolute Gasteiger partial charge is 0.355 e. The molecule has 0 aliphatic carbocycles. The lowest BCUT2D eigenvalue weighted by Crippen LogP contribution is -2.49. The highest BCUT2D eigenvalue weighted by Crippen LogP contribution is 2.01. The Morgan fingerprint density at radius 3 is 2.86 bits per heavy atom. The van der Waals surface area contributed by atoms with Gasteiger partial charge in [0.15, 0.2) is 0 Å². The zero-order valence-corrected chi connectivity index (χ0v) is 8.64. The van der Waals surface area contributed by atoms with Gasteiger partial charge >= 0.3 is 0 Å². The number of sulfonamides is 1. The molecule has 1 atom stereocenters. The number of hydrogen-bond acceptors (Lipinski definition) is 4. The van der Waals surface area contributed by atoms with E-state index in [-0.39, 0.29) is 24.2 Å². The molecule has 0 saturated carbocycles. The highest BCUT2D eigenvalue weighted by Gasteiger charge is 2.21. The van der Waals surface area contributed by atoms with Gasteiger partial charge in [-0.25, -0.2) is 13.6 Å². The molecular weight excluding hydrogens is 206 g/mol. The van der Waals surface area contributed by atoms with Crippen molar-refractivity contribution >= 4 is 15.9 Å². The van der Waals surface area contributed by atoms with E-state index in [1.807, 2.05) is 0 Å². The number of nitrogens with two attached hydrogens (primary N) is 1. The molecule has 1 saturated heterocycles. The number of carbonyl (C=O) groups is 1. The van der Waals surface area contributed by atoms with Gasteiger partial charge in [0.05, 0.1) is 11.8 Å². The van der Waals surface area contributed by atoms with Gasteiger partial charge in [0.1, 0.15) is 0 Å². The Hall–Kier alpha value is -0.660. The summed E-state index contributed by atoms with van der Waals surface area (Å²) in [6.45, 7) is 0.920. The molecule has 1 unspecified atom stereocenters. The lowest BCUT2D eigenvalue weighted by molar-refractivity contribution is -0.124. The molecule has 1 amide bonds. The summed E-state index contributed by atoms with van der Waals surface area (Å²) in [6.07, 6.45) is 1.66. The predicted octanol–water partition coefficient (Wildman–Crippen LogP) is -1.86. The van der Waals surface area contributed by atoms with Gasteiger partial charge in [0.25, 0.3) is 0 Å². The van der Waals surface area contributed by atoms with Gasteiger partial charge in [0, 0.05) is 13.1 Å². The van der Waals surface area contributed by atoms with E-state index in [1.165, 1.54) is 0 Å². The first-order chi connectivity index (χ1) is 6.49. The van der Waals surface area contributed by atoms with Crippen molar-refractivity contribution in [1.29, 1.82) is 0 Å². The fourth-order valence-electron chi connectivity index (χ4n) is 1.34. The van der Waals surface area contributed by atoms with E-state index in [0.29, 0.717) is 6.54 Å². The topological polar surface area (TPSA) is 101 Å². The third-order valence-corrected chi connectivity index (χ3v) is 2.84. The first kappa shape index (κ1) is 11.4. The summed E-state index contributed by atoms with van der Waals surface area (Å²) in [6, 6.07) is -0.273. The molecule has 0 aromatic heterocycles. The quantitative estimate of drug-likeness (QED) is 0.518. The lowest BCUT2D eigenvalue weighted by Gasteiger charge is -2.22. The molecule has 1 rings (SSSR count). The van der Waals surface area contributed by atoms with Crippen LogP contribution in [0.1, 0.15) is 12.8 Å². The molecule has 1 fully saturated rings. The van der Waals surface area contributed by atoms with Crippen LogP contribution in [-0.2, 0) is 14.8 Å². The lowest BCUT2D eigenvalue weighted by atomic mass is 10.1. The van der Waals surface area contributed by atoms with Crippen molar-refractivity contribution in [1.82, 2.24) is 10.6 Å². The molecule has 0 aromatic rings. The summed E-state index contributed by atoms with van der Waals surface area (Å²) in [7, 11) is -3.44. The summed E-state index contributed by atoms with van der Waals surface area (Å²) in [4.78, 5) is 11.2. The fraction of sp³-hybridized carbons (Fsp3) is 0.857. The highest BCUT2D eigenvalue weighted by molar-refractivity contribution is 7.89. The van der Waals surface area contributed by atoms with Crippen molar-refractivity contribution < 1.29 is 13.2 Å². The van der Waals surface area contributed by atoms with Crippen LogP contribution in [0, 0.1) is 0 Å². The van der Waals surface area contributed by atoms with Crippen LogP contribution in [0.4, 0.5) is 0 Å². The van der Waals surface area contributed by atoms with Gasteiger partial charge in [0.2, 0.25) is 15.9 Å². The molecular formula is C7H15N3O3S. The van der Waals surface area contributed by atoms with Crippen molar-refractivity contribution in [2.75, 3.05) is 18.8 Å². The molecule has 0 radical (unpaired) electrons. The Labute approximate surface area is 83.3 Å². The highest BCUT2D eigenvalue weighted by atomic mass is 32.2. The van der Waals surface area contributed by atoms with Gasteiger partial charge in [-0.2, -0.15) is 0 Å². The number of rotatable bonds is 4. The number of hydrogen-bond donors (Lipinski definition) is 3. The fourth-order valence-corrected chi connectivity index (χ4v) is 1.74. The zero-order chi connectivity index (χ0) is 10.6. The average Bonchev–Trinajstić information content (AvgIpc) is 2.06. The minimum absolute atomic E-state index is 0.0642. The standard InChI is InChI=1S/C7H15N3O3S/c8-14(12,13)5-4-9-6-2-1-3-10-7(6)11/h6,9H,1-5H2,(H,10,11)(H2,8,12,13). The zero-order valence-electron chi connectivity index (χ0n) is 7.82. The van der Waals surface area contributed by atoms with Gasteiger partial charge < -0.3 is 10.6 Å². The van der Waals surface area contributed by atoms with E-state index in [1.54, 1.807) is 0 Å². The molecule has 14 heavy (non-hydrogen) atoms. The number of primary sulfonamides is 1. The van der Waals surface area contributed by atoms with E-state index < -0.39 is 10.0 Å². The maximum Gasteiger partial charge on any atom is 0.237 e. The number of piperidine rings is 1. The number of carbonyl (C=O) groups excluding carboxylic acids is 1. The normalized spacial score (nSPS) is 23.2. The molecule has 7 heteroatoms. The molecule has 0 spiro atoms. The van der Waals surface area contributed by atoms with Gasteiger partial charge in [-0.3, -0.25) is 4.79 Å². The Bertz CT molecular complexity index is 301. The van der Waals surface area contributed by atoms with Gasteiger partial charge in [-0.1, -0.05) is 0 Å². The van der Waals surface area contributed by atoms with Gasteiger partial charge in [-0.15, -0.1) is 0 Å². The molecule has 4 N–H and O–H groups in total. The molecule has 1 aliphatic heterocycles. The molecule has 6 nitrogen and oxygen atoms in total. The van der Waals surface area contributed by atoms with Crippen LogP contribution in [0.2, 0.25) is 0 Å². The third-order valence-electron chi connectivity index (χ3n) is 2.06. The van der Waals surface area contributed by atoms with Crippen LogP contribution >= 0.6 is 0 Å². The first-order valence-corrected chi connectivity index (χ1v) is 6.22. The predicted molar refractivity (Wildman–Crippen MR) is 52.0 cm³/mol. The van der Waals surface area contributed by atoms with Crippen LogP contribution < -0.4 is 15.8 Å². The van der Waals surface area contributed by atoms with E-state index in [0.717, 1.165) is 12.8 Å². The number of nitrogens with one attached hydrogen (secondary N) is 2. The van der Waals surface area contributed by atoms with Crippen molar-refractivity contribution in [3.8, 4) is 0 Å². The van der Waals surface area contributed by atoms with Crippen LogP contribution in [0.25, 0.3) is 0 Å². The Kier molecular flexibility index (Phi) is 3.85. The molecule has 82 valence electrons. The van der Waals surface area contributed by atoms with E-state index in [2.05, 4.69) is 10.6 Å². The summed E-state index contributed by atoms with van der Waals surface area (Å²) in [5.41, 5.74) is 0. The Morgan fingerprint density at radius 2 is 2.29 bits per heavy atom. The van der Waals surface area contributed by atoms with E-state index in [4.69, 9.17) is 5.14 Å². The third kappa shape index (κ3) is 4.03. The van der Waals surface area contributed by atoms with E-state index >= 15 is 0 Å². The SMILES string of the molecule is NS(=O)(=O)CCNC1CCCNC1=O. The summed E-state index contributed by atoms with van der Waals surface area (Å²) in [5, 5.41) is 10.4. The first-order valence-electron chi connectivity index (χ1n) is 4.50. The smallest absolute Gasteiger partial charge is 0.237 e. The van der Waals surface area contributed by atoms with Crippen molar-refractivity contribution in [3.63, 3.8) is 0 Å². The van der Waals surface area contributed by atoms with E-state index in [9.17, 15) is 13.2 Å². The molecule has 0 aromatic carbocycles. The van der Waals surface area contributed by atoms with Crippen LogP contribution in [-0.4, -0.2) is 39.2 Å². The van der Waals surface area contributed by atoms with Crippen LogP contribution in [0.3, 0.4) is 0 Å². The van der Waals surface area contributed by atoms with Crippen molar-refractivity contribution in [3.05, 3.63) is 0 Å². The van der Waals surface area contributed by atoms with Crippen molar-refractivity contribution in [2.45, 2.75) is 18.9 Å². The maximum absolute atomic E-state index is 11.2. The molecule has 1 heterocycles. The Balaban J connectivity index is 2.27. The summed E-state index contributed by atoms with van der Waals surface area (Å²) >= 11 is 0. The minimum Gasteiger partial charge on any atom is -0.355 e. The monoisotopic (exact) mass is 221 g/mol. The summed E-state index contributed by atoms with van der Waals surface area (Å²) < 4.78 is 21.2. The minimum atomic E-state index is -3.44. The van der Waals surface area contributed by atoms with Crippen LogP contribution in [0.15, 0.2) is 0 Å². The van der Waals surface area contributed by atoms with Gasteiger partial charge in [-0.05, 0) is 12.8 Å². The molecule has 1 aliphatic rings. The second-order valence-corrected chi connectivity index (χ2v) is 5.04. The second kappa shape index (κ2) is 4.72. The number of amides is 1. The molecule has 0 bridgehead atoms. The maximum atomic E-state index is 11.2.